The lowest BCUT2D eigenvalue weighted by molar-refractivity contribution is 0.199. The Morgan fingerprint density at radius 2 is 2.43 bits per heavy atom. The molecule has 0 aliphatic heterocycles. The summed E-state index contributed by atoms with van der Waals surface area (Å²) in [6.07, 6.45) is 5.43. The van der Waals surface area contributed by atoms with Crippen LogP contribution in [0.1, 0.15) is 12.0 Å². The molecule has 0 spiro atoms. The van der Waals surface area contributed by atoms with Crippen LogP contribution in [0.3, 0.4) is 0 Å². The van der Waals surface area contributed by atoms with Crippen LogP contribution < -0.4 is 5.32 Å². The average Bonchev–Trinajstić information content (AvgIpc) is 2.69. The van der Waals surface area contributed by atoms with E-state index in [4.69, 9.17) is 4.74 Å². The maximum Gasteiger partial charge on any atom is 0.0587 e. The van der Waals surface area contributed by atoms with E-state index in [2.05, 4.69) is 34.3 Å². The third kappa shape index (κ3) is 5.17. The molecule has 0 saturated heterocycles. The Morgan fingerprint density at radius 1 is 1.50 bits per heavy atom. The van der Waals surface area contributed by atoms with Crippen molar-refractivity contribution in [2.45, 2.75) is 6.42 Å². The van der Waals surface area contributed by atoms with Crippen LogP contribution in [0.15, 0.2) is 22.9 Å². The van der Waals surface area contributed by atoms with Gasteiger partial charge in [0.25, 0.3) is 0 Å². The van der Waals surface area contributed by atoms with Crippen molar-refractivity contribution in [3.05, 3.63) is 28.5 Å². The third-order valence-corrected chi connectivity index (χ3v) is 2.53. The van der Waals surface area contributed by atoms with Gasteiger partial charge in [0, 0.05) is 13.7 Å². The number of methoxy groups -OCH3 is 1. The molecule has 1 aromatic rings. The summed E-state index contributed by atoms with van der Waals surface area (Å²) in [7, 11) is 1.72. The first-order valence-electron chi connectivity index (χ1n) is 4.82. The SMILES string of the molecule is COCCNCCC=Cc1ccsc1. The van der Waals surface area contributed by atoms with Gasteiger partial charge in [-0.1, -0.05) is 12.2 Å². The Balaban J connectivity index is 1.98. The van der Waals surface area contributed by atoms with E-state index in [1.165, 1.54) is 5.56 Å². The highest BCUT2D eigenvalue weighted by molar-refractivity contribution is 7.08. The summed E-state index contributed by atoms with van der Waals surface area (Å²) in [6, 6.07) is 2.12. The van der Waals surface area contributed by atoms with Gasteiger partial charge >= 0.3 is 0 Å². The van der Waals surface area contributed by atoms with Gasteiger partial charge in [0.15, 0.2) is 0 Å². The van der Waals surface area contributed by atoms with E-state index in [1.54, 1.807) is 18.4 Å². The van der Waals surface area contributed by atoms with Crippen molar-refractivity contribution in [2.75, 3.05) is 26.8 Å². The van der Waals surface area contributed by atoms with Gasteiger partial charge in [-0.3, -0.25) is 0 Å². The van der Waals surface area contributed by atoms with Crippen LogP contribution in [0.4, 0.5) is 0 Å². The van der Waals surface area contributed by atoms with Gasteiger partial charge in [-0.2, -0.15) is 11.3 Å². The molecule has 0 bridgehead atoms. The zero-order valence-corrected chi connectivity index (χ0v) is 9.35. The van der Waals surface area contributed by atoms with E-state index in [1.807, 2.05) is 0 Å². The van der Waals surface area contributed by atoms with Crippen LogP contribution in [0.5, 0.6) is 0 Å². The Morgan fingerprint density at radius 3 is 3.14 bits per heavy atom. The van der Waals surface area contributed by atoms with E-state index < -0.39 is 0 Å². The van der Waals surface area contributed by atoms with Gasteiger partial charge in [-0.15, -0.1) is 0 Å². The monoisotopic (exact) mass is 211 g/mol. The Kier molecular flexibility index (Phi) is 6.32. The Hall–Kier alpha value is -0.640. The van der Waals surface area contributed by atoms with Gasteiger partial charge < -0.3 is 10.1 Å². The molecule has 0 radical (unpaired) electrons. The number of ether oxygens (including phenoxy) is 1. The Labute approximate surface area is 89.6 Å². The number of thiophene rings is 1. The molecule has 0 saturated carbocycles. The lowest BCUT2D eigenvalue weighted by Crippen LogP contribution is -2.19. The minimum Gasteiger partial charge on any atom is -0.383 e. The predicted octanol–water partition coefficient (Wildman–Crippen LogP) is 2.39. The van der Waals surface area contributed by atoms with E-state index in [9.17, 15) is 0 Å². The first-order chi connectivity index (χ1) is 6.93. The standard InChI is InChI=1S/C11H17NOS/c1-13-8-7-12-6-3-2-4-11-5-9-14-10-11/h2,4-5,9-10,12H,3,6-8H2,1H3. The third-order valence-electron chi connectivity index (χ3n) is 1.82. The molecule has 1 aromatic heterocycles. The molecule has 0 atom stereocenters. The van der Waals surface area contributed by atoms with Crippen LogP contribution in [-0.4, -0.2) is 26.8 Å². The second-order valence-electron chi connectivity index (χ2n) is 2.99. The number of hydrogen-bond acceptors (Lipinski definition) is 3. The highest BCUT2D eigenvalue weighted by Crippen LogP contribution is 2.07. The van der Waals surface area contributed by atoms with Gasteiger partial charge in [0.1, 0.15) is 0 Å². The van der Waals surface area contributed by atoms with Crippen LogP contribution in [0, 0.1) is 0 Å². The van der Waals surface area contributed by atoms with E-state index in [0.29, 0.717) is 0 Å². The second kappa shape index (κ2) is 7.74. The van der Waals surface area contributed by atoms with Gasteiger partial charge in [0.05, 0.1) is 6.61 Å². The fourth-order valence-corrected chi connectivity index (χ4v) is 1.70. The quantitative estimate of drug-likeness (QED) is 0.699. The molecule has 0 unspecified atom stereocenters. The fraction of sp³-hybridized carbons (Fsp3) is 0.455. The van der Waals surface area contributed by atoms with Gasteiger partial charge in [-0.25, -0.2) is 0 Å². The molecule has 1 rings (SSSR count). The summed E-state index contributed by atoms with van der Waals surface area (Å²) < 4.78 is 4.93. The first-order valence-corrected chi connectivity index (χ1v) is 5.76. The predicted molar refractivity (Wildman–Crippen MR) is 62.7 cm³/mol. The fourth-order valence-electron chi connectivity index (χ4n) is 1.07. The van der Waals surface area contributed by atoms with Gasteiger partial charge in [0.2, 0.25) is 0 Å². The van der Waals surface area contributed by atoms with Crippen molar-refractivity contribution in [1.82, 2.24) is 5.32 Å². The summed E-state index contributed by atoms with van der Waals surface area (Å²) in [5.41, 5.74) is 1.30. The molecule has 3 heteroatoms. The van der Waals surface area contributed by atoms with Crippen LogP contribution in [-0.2, 0) is 4.74 Å². The molecule has 0 aliphatic rings. The molecule has 0 aromatic carbocycles. The molecule has 78 valence electrons. The van der Waals surface area contributed by atoms with Gasteiger partial charge in [-0.05, 0) is 35.4 Å². The minimum absolute atomic E-state index is 0.786. The number of nitrogens with one attached hydrogen (secondary N) is 1. The number of rotatable bonds is 7. The van der Waals surface area contributed by atoms with Crippen LogP contribution >= 0.6 is 11.3 Å². The van der Waals surface area contributed by atoms with Crippen molar-refractivity contribution in [1.29, 1.82) is 0 Å². The molecule has 1 heterocycles. The van der Waals surface area contributed by atoms with Crippen molar-refractivity contribution in [3.63, 3.8) is 0 Å². The molecule has 0 amide bonds. The minimum atomic E-state index is 0.786. The second-order valence-corrected chi connectivity index (χ2v) is 3.77. The summed E-state index contributed by atoms with van der Waals surface area (Å²) >= 11 is 1.73. The molecule has 2 nitrogen and oxygen atoms in total. The molecular formula is C11H17NOS. The largest absolute Gasteiger partial charge is 0.383 e. The lowest BCUT2D eigenvalue weighted by atomic mass is 10.3. The zero-order valence-electron chi connectivity index (χ0n) is 8.53. The first kappa shape index (κ1) is 11.4. The van der Waals surface area contributed by atoms with Crippen molar-refractivity contribution in [3.8, 4) is 0 Å². The Bertz CT molecular complexity index is 244. The van der Waals surface area contributed by atoms with Crippen molar-refractivity contribution < 1.29 is 4.74 Å². The van der Waals surface area contributed by atoms with E-state index in [0.717, 1.165) is 26.1 Å². The summed E-state index contributed by atoms with van der Waals surface area (Å²) in [4.78, 5) is 0. The van der Waals surface area contributed by atoms with E-state index in [-0.39, 0.29) is 0 Å². The molecule has 1 N–H and O–H groups in total. The van der Waals surface area contributed by atoms with Crippen LogP contribution in [0.25, 0.3) is 6.08 Å². The smallest absolute Gasteiger partial charge is 0.0587 e. The van der Waals surface area contributed by atoms with Crippen LogP contribution in [0.2, 0.25) is 0 Å². The normalized spacial score (nSPS) is 11.2. The van der Waals surface area contributed by atoms with E-state index >= 15 is 0 Å². The summed E-state index contributed by atoms with van der Waals surface area (Å²) in [6.45, 7) is 2.74. The highest BCUT2D eigenvalue weighted by Gasteiger charge is 1.86. The molecule has 14 heavy (non-hydrogen) atoms. The summed E-state index contributed by atoms with van der Waals surface area (Å²) in [5, 5.41) is 7.53. The maximum atomic E-state index is 4.93. The average molecular weight is 211 g/mol. The highest BCUT2D eigenvalue weighted by atomic mass is 32.1. The molecule has 0 aliphatic carbocycles. The lowest BCUT2D eigenvalue weighted by Gasteiger charge is -2.00. The van der Waals surface area contributed by atoms with Crippen molar-refractivity contribution in [2.24, 2.45) is 0 Å². The zero-order chi connectivity index (χ0) is 10.1. The summed E-state index contributed by atoms with van der Waals surface area (Å²) in [5.74, 6) is 0. The number of hydrogen-bond donors (Lipinski definition) is 1. The maximum absolute atomic E-state index is 4.93. The van der Waals surface area contributed by atoms with Crippen molar-refractivity contribution >= 4 is 17.4 Å². The molecular weight excluding hydrogens is 194 g/mol. The molecule has 0 fully saturated rings. The topological polar surface area (TPSA) is 21.3 Å².